The van der Waals surface area contributed by atoms with E-state index in [1.54, 1.807) is 0 Å². The zero-order valence-electron chi connectivity index (χ0n) is 17.0. The van der Waals surface area contributed by atoms with E-state index in [1.165, 1.54) is 34.6 Å². The first kappa shape index (κ1) is 19.9. The summed E-state index contributed by atoms with van der Waals surface area (Å²) in [7, 11) is 1.39. The van der Waals surface area contributed by atoms with Crippen LogP contribution in [0.15, 0.2) is 24.3 Å². The van der Waals surface area contributed by atoms with E-state index in [2.05, 4.69) is 46.3 Å². The number of esters is 1. The van der Waals surface area contributed by atoms with Crippen molar-refractivity contribution in [3.8, 4) is 0 Å². The van der Waals surface area contributed by atoms with Gasteiger partial charge in [0, 0.05) is 36.7 Å². The Morgan fingerprint density at radius 3 is 2.62 bits per heavy atom. The number of carbonyl (C=O) groups excluding carboxylic acids is 2. The molecule has 0 atom stereocenters. The lowest BCUT2D eigenvalue weighted by Crippen LogP contribution is -2.48. The number of nitrogens with one attached hydrogen (secondary N) is 1. The number of aryl methyl sites for hydroxylation is 2. The molecule has 154 valence electrons. The molecule has 2 aliphatic rings. The van der Waals surface area contributed by atoms with Crippen molar-refractivity contribution in [2.45, 2.75) is 26.2 Å². The highest BCUT2D eigenvalue weighted by molar-refractivity contribution is 7.17. The lowest BCUT2D eigenvalue weighted by atomic mass is 10.1. The highest BCUT2D eigenvalue weighted by Gasteiger charge is 2.28. The number of hydrogen-bond donors (Lipinski definition) is 1. The highest BCUT2D eigenvalue weighted by atomic mass is 32.1. The summed E-state index contributed by atoms with van der Waals surface area (Å²) >= 11 is 1.52. The lowest BCUT2D eigenvalue weighted by Gasteiger charge is -2.36. The van der Waals surface area contributed by atoms with Gasteiger partial charge in [0.25, 0.3) is 0 Å². The Morgan fingerprint density at radius 1 is 1.14 bits per heavy atom. The molecule has 1 aliphatic carbocycles. The second-order valence-electron chi connectivity index (χ2n) is 7.65. The number of para-hydroxylation sites is 1. The fourth-order valence-electron chi connectivity index (χ4n) is 4.24. The van der Waals surface area contributed by atoms with E-state index in [4.69, 9.17) is 4.74 Å². The van der Waals surface area contributed by atoms with Gasteiger partial charge in [-0.05, 0) is 43.4 Å². The minimum absolute atomic E-state index is 0.0700. The maximum atomic E-state index is 12.7. The molecule has 1 saturated heterocycles. The standard InChI is InChI=1S/C22H27N3O3S/c1-15-6-3-4-8-17(15)25-12-10-24(11-13-25)14-19(26)23-21-20(22(27)28-2)16-7-5-9-18(16)29-21/h3-4,6,8H,5,7,9-14H2,1-2H3,(H,23,26). The Labute approximate surface area is 175 Å². The summed E-state index contributed by atoms with van der Waals surface area (Å²) in [6, 6.07) is 8.41. The van der Waals surface area contributed by atoms with E-state index >= 15 is 0 Å². The molecule has 1 fully saturated rings. The Kier molecular flexibility index (Phi) is 5.87. The fraction of sp³-hybridized carbons (Fsp3) is 0.455. The van der Waals surface area contributed by atoms with Crippen molar-refractivity contribution in [1.82, 2.24) is 4.90 Å². The van der Waals surface area contributed by atoms with Crippen molar-refractivity contribution in [3.05, 3.63) is 45.8 Å². The van der Waals surface area contributed by atoms with Crippen LogP contribution in [-0.4, -0.2) is 56.6 Å². The monoisotopic (exact) mass is 413 g/mol. The minimum Gasteiger partial charge on any atom is -0.465 e. The molecule has 1 aromatic carbocycles. The molecule has 1 aliphatic heterocycles. The summed E-state index contributed by atoms with van der Waals surface area (Å²) in [4.78, 5) is 30.7. The molecule has 2 aromatic rings. The Balaban J connectivity index is 1.36. The summed E-state index contributed by atoms with van der Waals surface area (Å²) in [5, 5.41) is 3.62. The third kappa shape index (κ3) is 4.16. The number of thiophene rings is 1. The molecule has 0 radical (unpaired) electrons. The van der Waals surface area contributed by atoms with Crippen molar-refractivity contribution in [3.63, 3.8) is 0 Å². The van der Waals surface area contributed by atoms with Crippen LogP contribution in [0.2, 0.25) is 0 Å². The van der Waals surface area contributed by atoms with Crippen LogP contribution in [0.25, 0.3) is 0 Å². The number of nitrogens with zero attached hydrogens (tertiary/aromatic N) is 2. The van der Waals surface area contributed by atoms with Crippen molar-refractivity contribution in [2.24, 2.45) is 0 Å². The van der Waals surface area contributed by atoms with Gasteiger partial charge in [0.2, 0.25) is 5.91 Å². The van der Waals surface area contributed by atoms with E-state index in [-0.39, 0.29) is 11.9 Å². The molecule has 7 heteroatoms. The molecule has 4 rings (SSSR count). The Hall–Kier alpha value is -2.38. The van der Waals surface area contributed by atoms with Crippen LogP contribution in [-0.2, 0) is 22.4 Å². The molecule has 29 heavy (non-hydrogen) atoms. The molecule has 0 bridgehead atoms. The zero-order valence-corrected chi connectivity index (χ0v) is 17.8. The zero-order chi connectivity index (χ0) is 20.4. The number of benzene rings is 1. The van der Waals surface area contributed by atoms with E-state index in [0.717, 1.165) is 51.0 Å². The summed E-state index contributed by atoms with van der Waals surface area (Å²) in [5.74, 6) is -0.425. The molecule has 0 spiro atoms. The van der Waals surface area contributed by atoms with Gasteiger partial charge in [-0.2, -0.15) is 0 Å². The summed E-state index contributed by atoms with van der Waals surface area (Å²) in [6.45, 7) is 5.95. The Bertz CT molecular complexity index is 916. The molecular weight excluding hydrogens is 386 g/mol. The number of rotatable bonds is 5. The molecule has 2 heterocycles. The predicted molar refractivity (Wildman–Crippen MR) is 116 cm³/mol. The van der Waals surface area contributed by atoms with Gasteiger partial charge in [-0.25, -0.2) is 4.79 Å². The number of methoxy groups -OCH3 is 1. The normalized spacial score (nSPS) is 16.6. The lowest BCUT2D eigenvalue weighted by molar-refractivity contribution is -0.117. The van der Waals surface area contributed by atoms with Gasteiger partial charge in [0.05, 0.1) is 19.2 Å². The second-order valence-corrected chi connectivity index (χ2v) is 8.76. The first-order chi connectivity index (χ1) is 14.1. The minimum atomic E-state index is -0.355. The second kappa shape index (κ2) is 8.55. The topological polar surface area (TPSA) is 61.9 Å². The third-order valence-corrected chi connectivity index (χ3v) is 6.97. The smallest absolute Gasteiger partial charge is 0.341 e. The summed E-state index contributed by atoms with van der Waals surface area (Å²) in [5.41, 5.74) is 4.17. The quantitative estimate of drug-likeness (QED) is 0.764. The van der Waals surface area contributed by atoms with Gasteiger partial charge in [-0.15, -0.1) is 11.3 Å². The van der Waals surface area contributed by atoms with Crippen LogP contribution >= 0.6 is 11.3 Å². The average molecular weight is 414 g/mol. The van der Waals surface area contributed by atoms with Gasteiger partial charge >= 0.3 is 5.97 Å². The third-order valence-electron chi connectivity index (χ3n) is 5.76. The van der Waals surface area contributed by atoms with Gasteiger partial charge in [-0.1, -0.05) is 18.2 Å². The number of ether oxygens (including phenoxy) is 1. The molecule has 0 unspecified atom stereocenters. The molecule has 1 aromatic heterocycles. The van der Waals surface area contributed by atoms with Crippen molar-refractivity contribution in [2.75, 3.05) is 50.1 Å². The van der Waals surface area contributed by atoms with E-state index < -0.39 is 0 Å². The Morgan fingerprint density at radius 2 is 1.90 bits per heavy atom. The van der Waals surface area contributed by atoms with Crippen LogP contribution in [0, 0.1) is 6.92 Å². The van der Waals surface area contributed by atoms with Gasteiger partial charge < -0.3 is 15.0 Å². The van der Waals surface area contributed by atoms with Gasteiger partial charge in [0.1, 0.15) is 5.00 Å². The number of anilines is 2. The number of carbonyl (C=O) groups is 2. The maximum absolute atomic E-state index is 12.7. The average Bonchev–Trinajstić information content (AvgIpc) is 3.29. The summed E-state index contributed by atoms with van der Waals surface area (Å²) in [6.07, 6.45) is 2.91. The van der Waals surface area contributed by atoms with Crippen LogP contribution in [0.4, 0.5) is 10.7 Å². The van der Waals surface area contributed by atoms with Gasteiger partial charge in [0.15, 0.2) is 0 Å². The van der Waals surface area contributed by atoms with E-state index in [0.29, 0.717) is 17.1 Å². The molecule has 1 amide bonds. The van der Waals surface area contributed by atoms with E-state index in [1.807, 2.05) is 0 Å². The molecular formula is C22H27N3O3S. The van der Waals surface area contributed by atoms with Crippen LogP contribution < -0.4 is 10.2 Å². The fourth-order valence-corrected chi connectivity index (χ4v) is 5.54. The number of amides is 1. The molecule has 6 nitrogen and oxygen atoms in total. The van der Waals surface area contributed by atoms with E-state index in [9.17, 15) is 9.59 Å². The van der Waals surface area contributed by atoms with Crippen LogP contribution in [0.1, 0.15) is 32.8 Å². The summed E-state index contributed by atoms with van der Waals surface area (Å²) < 4.78 is 4.96. The first-order valence-corrected chi connectivity index (χ1v) is 10.9. The molecule has 0 saturated carbocycles. The predicted octanol–water partition coefficient (Wildman–Crippen LogP) is 3.09. The van der Waals surface area contributed by atoms with Crippen LogP contribution in [0.3, 0.4) is 0 Å². The van der Waals surface area contributed by atoms with Gasteiger partial charge in [-0.3, -0.25) is 9.69 Å². The van der Waals surface area contributed by atoms with Crippen molar-refractivity contribution < 1.29 is 14.3 Å². The maximum Gasteiger partial charge on any atom is 0.341 e. The van der Waals surface area contributed by atoms with Crippen molar-refractivity contribution in [1.29, 1.82) is 0 Å². The number of fused-ring (bicyclic) bond motifs is 1. The van der Waals surface area contributed by atoms with Crippen molar-refractivity contribution >= 4 is 33.9 Å². The SMILES string of the molecule is COC(=O)c1c(NC(=O)CN2CCN(c3ccccc3C)CC2)sc2c1CCC2. The van der Waals surface area contributed by atoms with Crippen LogP contribution in [0.5, 0.6) is 0 Å². The molecule has 1 N–H and O–H groups in total. The number of piperazine rings is 1. The largest absolute Gasteiger partial charge is 0.465 e. The first-order valence-electron chi connectivity index (χ1n) is 10.1. The highest BCUT2D eigenvalue weighted by Crippen LogP contribution is 2.39. The number of hydrogen-bond acceptors (Lipinski definition) is 6.